The van der Waals surface area contributed by atoms with Crippen molar-refractivity contribution in [3.63, 3.8) is 0 Å². The minimum Gasteiger partial charge on any atom is -0.450 e. The molecule has 0 atom stereocenters. The summed E-state index contributed by atoms with van der Waals surface area (Å²) >= 11 is 18.3. The molecule has 2 aromatic rings. The number of rotatable bonds is 3. The van der Waals surface area contributed by atoms with Gasteiger partial charge in [0.1, 0.15) is 5.60 Å². The number of carbonyl (C=O) groups is 1. The summed E-state index contributed by atoms with van der Waals surface area (Å²) in [7, 11) is 0. The van der Waals surface area contributed by atoms with Crippen LogP contribution in [0.1, 0.15) is 28.8 Å². The summed E-state index contributed by atoms with van der Waals surface area (Å²) in [5.74, 6) is -0.557. The molecule has 0 spiro atoms. The second-order valence-corrected chi connectivity index (χ2v) is 6.91. The molecular formula is C18H16Cl3NO2. The third kappa shape index (κ3) is 3.40. The molecule has 0 radical (unpaired) electrons. The normalized spacial score (nSPS) is 16.6. The first-order chi connectivity index (χ1) is 11.5. The van der Waals surface area contributed by atoms with Crippen molar-refractivity contribution in [1.29, 1.82) is 0 Å². The van der Waals surface area contributed by atoms with Gasteiger partial charge in [0.15, 0.2) is 0 Å². The molecule has 0 amide bonds. The van der Waals surface area contributed by atoms with E-state index in [0.29, 0.717) is 12.8 Å². The summed E-state index contributed by atoms with van der Waals surface area (Å²) in [6.07, 6.45) is 1.36. The summed E-state index contributed by atoms with van der Waals surface area (Å²) in [4.78, 5) is 12.8. The number of hydrogen-bond donors (Lipinski definition) is 1. The summed E-state index contributed by atoms with van der Waals surface area (Å²) in [5.41, 5.74) is 0.382. The SMILES string of the molecule is O=C(OC1(c2ccccc2)CCNCC1)c1c(Cl)ccc(Cl)c1Cl. The third-order valence-electron chi connectivity index (χ3n) is 4.25. The largest absolute Gasteiger partial charge is 0.450 e. The zero-order chi connectivity index (χ0) is 17.2. The summed E-state index contributed by atoms with van der Waals surface area (Å²) in [6, 6.07) is 12.9. The van der Waals surface area contributed by atoms with Crippen LogP contribution in [0.15, 0.2) is 42.5 Å². The van der Waals surface area contributed by atoms with Crippen molar-refractivity contribution in [2.24, 2.45) is 0 Å². The highest BCUT2D eigenvalue weighted by Crippen LogP contribution is 2.38. The Hall–Kier alpha value is -1.26. The predicted molar refractivity (Wildman–Crippen MR) is 97.1 cm³/mol. The lowest BCUT2D eigenvalue weighted by molar-refractivity contribution is -0.0378. The highest BCUT2D eigenvalue weighted by atomic mass is 35.5. The van der Waals surface area contributed by atoms with E-state index < -0.39 is 11.6 Å². The number of piperidine rings is 1. The molecule has 0 aromatic heterocycles. The first-order valence-corrected chi connectivity index (χ1v) is 8.80. The van der Waals surface area contributed by atoms with Crippen LogP contribution in [0.25, 0.3) is 0 Å². The van der Waals surface area contributed by atoms with Crippen molar-refractivity contribution < 1.29 is 9.53 Å². The lowest BCUT2D eigenvalue weighted by Crippen LogP contribution is -2.43. The standard InChI is InChI=1S/C18H16Cl3NO2/c19-13-6-7-14(20)16(21)15(13)17(23)24-18(8-10-22-11-9-18)12-4-2-1-3-5-12/h1-7,22H,8-11H2. The van der Waals surface area contributed by atoms with E-state index >= 15 is 0 Å². The Morgan fingerprint density at radius 1 is 0.958 bits per heavy atom. The molecule has 0 saturated carbocycles. The number of benzene rings is 2. The van der Waals surface area contributed by atoms with E-state index in [9.17, 15) is 4.79 Å². The van der Waals surface area contributed by atoms with Crippen molar-refractivity contribution in [1.82, 2.24) is 5.32 Å². The molecule has 0 aliphatic carbocycles. The maximum Gasteiger partial charge on any atom is 0.342 e. The van der Waals surface area contributed by atoms with Crippen LogP contribution in [0.2, 0.25) is 15.1 Å². The van der Waals surface area contributed by atoms with Gasteiger partial charge in [-0.3, -0.25) is 0 Å². The third-order valence-corrected chi connectivity index (χ3v) is 5.37. The number of esters is 1. The van der Waals surface area contributed by atoms with Crippen LogP contribution in [0.5, 0.6) is 0 Å². The highest BCUT2D eigenvalue weighted by molar-refractivity contribution is 6.46. The Morgan fingerprint density at radius 3 is 2.25 bits per heavy atom. The number of halogens is 3. The van der Waals surface area contributed by atoms with E-state index in [0.717, 1.165) is 18.7 Å². The Morgan fingerprint density at radius 2 is 1.58 bits per heavy atom. The zero-order valence-electron chi connectivity index (χ0n) is 12.8. The molecule has 126 valence electrons. The molecular weight excluding hydrogens is 369 g/mol. The maximum absolute atomic E-state index is 12.8. The Balaban J connectivity index is 1.97. The van der Waals surface area contributed by atoms with Crippen molar-refractivity contribution >= 4 is 40.8 Å². The number of nitrogens with one attached hydrogen (secondary N) is 1. The second-order valence-electron chi connectivity index (χ2n) is 5.72. The van der Waals surface area contributed by atoms with Gasteiger partial charge in [-0.15, -0.1) is 0 Å². The van der Waals surface area contributed by atoms with Crippen LogP contribution in [0.3, 0.4) is 0 Å². The van der Waals surface area contributed by atoms with Gasteiger partial charge in [0, 0.05) is 12.8 Å². The van der Waals surface area contributed by atoms with Crippen LogP contribution in [-0.2, 0) is 10.3 Å². The molecule has 1 heterocycles. The van der Waals surface area contributed by atoms with E-state index in [2.05, 4.69) is 5.32 Å². The van der Waals surface area contributed by atoms with Gasteiger partial charge in [0.25, 0.3) is 0 Å². The fourth-order valence-electron chi connectivity index (χ4n) is 2.96. The quantitative estimate of drug-likeness (QED) is 0.592. The van der Waals surface area contributed by atoms with Gasteiger partial charge in [-0.05, 0) is 30.8 Å². The van der Waals surface area contributed by atoms with Gasteiger partial charge in [0.2, 0.25) is 0 Å². The topological polar surface area (TPSA) is 38.3 Å². The number of ether oxygens (including phenoxy) is 1. The molecule has 0 bridgehead atoms. The van der Waals surface area contributed by atoms with Crippen LogP contribution >= 0.6 is 34.8 Å². The van der Waals surface area contributed by atoms with Gasteiger partial charge in [0.05, 0.1) is 20.6 Å². The van der Waals surface area contributed by atoms with Gasteiger partial charge in [-0.25, -0.2) is 4.79 Å². The molecule has 1 aliphatic rings. The molecule has 2 aromatic carbocycles. The number of hydrogen-bond acceptors (Lipinski definition) is 3. The fourth-order valence-corrected chi connectivity index (χ4v) is 3.65. The minimum atomic E-state index is -0.696. The first kappa shape index (κ1) is 17.6. The van der Waals surface area contributed by atoms with E-state index in [4.69, 9.17) is 39.5 Å². The molecule has 0 unspecified atom stereocenters. The highest BCUT2D eigenvalue weighted by Gasteiger charge is 2.38. The molecule has 3 rings (SSSR count). The monoisotopic (exact) mass is 383 g/mol. The van der Waals surface area contributed by atoms with Crippen LogP contribution in [0.4, 0.5) is 0 Å². The molecule has 1 saturated heterocycles. The van der Waals surface area contributed by atoms with Crippen molar-refractivity contribution in [2.45, 2.75) is 18.4 Å². The smallest absolute Gasteiger partial charge is 0.342 e. The number of carbonyl (C=O) groups excluding carboxylic acids is 1. The summed E-state index contributed by atoms with van der Waals surface area (Å²) < 4.78 is 5.96. The van der Waals surface area contributed by atoms with Gasteiger partial charge < -0.3 is 10.1 Å². The van der Waals surface area contributed by atoms with Gasteiger partial charge in [-0.2, -0.15) is 0 Å². The van der Waals surface area contributed by atoms with Crippen LogP contribution in [-0.4, -0.2) is 19.1 Å². The van der Waals surface area contributed by atoms with Crippen molar-refractivity contribution in [3.8, 4) is 0 Å². The minimum absolute atomic E-state index is 0.111. The molecule has 1 aliphatic heterocycles. The van der Waals surface area contributed by atoms with Crippen LogP contribution in [0, 0.1) is 0 Å². The maximum atomic E-state index is 12.8. The molecule has 1 fully saturated rings. The lowest BCUT2D eigenvalue weighted by atomic mass is 9.84. The average Bonchev–Trinajstić information content (AvgIpc) is 2.60. The molecule has 3 nitrogen and oxygen atoms in total. The zero-order valence-corrected chi connectivity index (χ0v) is 15.1. The van der Waals surface area contributed by atoms with E-state index in [1.807, 2.05) is 30.3 Å². The molecule has 24 heavy (non-hydrogen) atoms. The van der Waals surface area contributed by atoms with E-state index in [1.54, 1.807) is 12.1 Å². The fraction of sp³-hybridized carbons (Fsp3) is 0.278. The average molecular weight is 385 g/mol. The lowest BCUT2D eigenvalue weighted by Gasteiger charge is -2.37. The van der Waals surface area contributed by atoms with Gasteiger partial charge in [-0.1, -0.05) is 65.1 Å². The van der Waals surface area contributed by atoms with Gasteiger partial charge >= 0.3 is 5.97 Å². The Bertz CT molecular complexity index is 743. The summed E-state index contributed by atoms with van der Waals surface area (Å²) in [5, 5.41) is 3.91. The van der Waals surface area contributed by atoms with E-state index in [-0.39, 0.29) is 20.6 Å². The second kappa shape index (κ2) is 7.32. The molecule has 6 heteroatoms. The Kier molecular flexibility index (Phi) is 5.36. The Labute approximate surface area is 155 Å². The van der Waals surface area contributed by atoms with E-state index in [1.165, 1.54) is 0 Å². The summed E-state index contributed by atoms with van der Waals surface area (Å²) in [6.45, 7) is 1.53. The first-order valence-electron chi connectivity index (χ1n) is 7.66. The van der Waals surface area contributed by atoms with Crippen LogP contribution < -0.4 is 5.32 Å². The predicted octanol–water partition coefficient (Wildman–Crippen LogP) is 5.08. The van der Waals surface area contributed by atoms with Crippen molar-refractivity contribution in [2.75, 3.05) is 13.1 Å². The molecule has 1 N–H and O–H groups in total. The van der Waals surface area contributed by atoms with Crippen molar-refractivity contribution in [3.05, 3.63) is 68.7 Å².